The van der Waals surface area contributed by atoms with Crippen molar-refractivity contribution in [3.63, 3.8) is 0 Å². The summed E-state index contributed by atoms with van der Waals surface area (Å²) in [4.78, 5) is 12.0. The van der Waals surface area contributed by atoms with E-state index in [2.05, 4.69) is 33.9 Å². The summed E-state index contributed by atoms with van der Waals surface area (Å²) in [5.41, 5.74) is -0.509. The summed E-state index contributed by atoms with van der Waals surface area (Å²) < 4.78 is 12.1. The lowest BCUT2D eigenvalue weighted by atomic mass is 9.90. The van der Waals surface area contributed by atoms with E-state index in [1.807, 2.05) is 34.6 Å². The Morgan fingerprint density at radius 3 is 1.83 bits per heavy atom. The summed E-state index contributed by atoms with van der Waals surface area (Å²) in [6.45, 7) is 22.7. The third-order valence-electron chi connectivity index (χ3n) is 5.17. The third-order valence-corrected chi connectivity index (χ3v) is 9.64. The van der Waals surface area contributed by atoms with Crippen molar-refractivity contribution in [1.29, 1.82) is 0 Å². The van der Waals surface area contributed by atoms with Gasteiger partial charge in [-0.05, 0) is 45.8 Å². The molecule has 5 heteroatoms. The average Bonchev–Trinajstić information content (AvgIpc) is 2.38. The predicted octanol–water partition coefficient (Wildman–Crippen LogP) is 4.62. The van der Waals surface area contributed by atoms with Crippen molar-refractivity contribution in [1.82, 2.24) is 0 Å². The second-order valence-electron chi connectivity index (χ2n) is 9.77. The minimum atomic E-state index is -1.98. The Balaban J connectivity index is 5.19. The van der Waals surface area contributed by atoms with Gasteiger partial charge in [0.1, 0.15) is 0 Å². The van der Waals surface area contributed by atoms with Gasteiger partial charge in [-0.25, -0.2) is 0 Å². The van der Waals surface area contributed by atoms with E-state index in [0.29, 0.717) is 6.61 Å². The fourth-order valence-electron chi connectivity index (χ4n) is 2.05. The van der Waals surface area contributed by atoms with Gasteiger partial charge in [0.2, 0.25) is 0 Å². The van der Waals surface area contributed by atoms with E-state index < -0.39 is 19.8 Å². The standard InChI is InChI=1S/C19H40O4Si/c1-13(12-22-17(21)18(4,5)6)16(14(2)15(3)20)23-24(10,11)19(7,8)9/h13-16,20H,12H2,1-11H3. The van der Waals surface area contributed by atoms with E-state index in [9.17, 15) is 9.90 Å². The molecule has 0 aromatic rings. The lowest BCUT2D eigenvalue weighted by Gasteiger charge is -2.43. The van der Waals surface area contributed by atoms with Gasteiger partial charge >= 0.3 is 5.97 Å². The van der Waals surface area contributed by atoms with Crippen molar-refractivity contribution in [2.24, 2.45) is 17.3 Å². The van der Waals surface area contributed by atoms with E-state index in [4.69, 9.17) is 9.16 Å². The molecule has 0 fully saturated rings. The normalized spacial score (nSPS) is 18.7. The molecule has 0 saturated heterocycles. The Bertz CT molecular complexity index is 405. The molecule has 0 aliphatic heterocycles. The molecule has 0 heterocycles. The molecule has 0 amide bonds. The van der Waals surface area contributed by atoms with E-state index in [1.54, 1.807) is 6.92 Å². The Kier molecular flexibility index (Phi) is 8.19. The molecule has 0 aliphatic rings. The first-order valence-electron chi connectivity index (χ1n) is 9.04. The average molecular weight is 361 g/mol. The highest BCUT2D eigenvalue weighted by Gasteiger charge is 2.42. The molecule has 1 N–H and O–H groups in total. The molecule has 4 unspecified atom stereocenters. The zero-order valence-corrected chi connectivity index (χ0v) is 18.7. The van der Waals surface area contributed by atoms with E-state index in [1.165, 1.54) is 0 Å². The largest absolute Gasteiger partial charge is 0.465 e. The first kappa shape index (κ1) is 23.6. The van der Waals surface area contributed by atoms with Gasteiger partial charge in [0, 0.05) is 11.8 Å². The summed E-state index contributed by atoms with van der Waals surface area (Å²) >= 11 is 0. The Hall–Kier alpha value is -0.393. The minimum Gasteiger partial charge on any atom is -0.465 e. The van der Waals surface area contributed by atoms with Gasteiger partial charge in [-0.3, -0.25) is 4.79 Å². The second-order valence-corrected chi connectivity index (χ2v) is 14.5. The Labute approximate surface area is 150 Å². The van der Waals surface area contributed by atoms with Gasteiger partial charge in [-0.2, -0.15) is 0 Å². The monoisotopic (exact) mass is 360 g/mol. The fraction of sp³-hybridized carbons (Fsp3) is 0.947. The fourth-order valence-corrected chi connectivity index (χ4v) is 3.53. The number of carbonyl (C=O) groups excluding carboxylic acids is 1. The van der Waals surface area contributed by atoms with Crippen LogP contribution >= 0.6 is 0 Å². The van der Waals surface area contributed by atoms with Gasteiger partial charge in [0.25, 0.3) is 0 Å². The van der Waals surface area contributed by atoms with Crippen molar-refractivity contribution in [3.05, 3.63) is 0 Å². The maximum Gasteiger partial charge on any atom is 0.311 e. The number of aliphatic hydroxyl groups is 1. The van der Waals surface area contributed by atoms with Crippen LogP contribution in [0.25, 0.3) is 0 Å². The number of rotatable bonds is 7. The zero-order chi connectivity index (χ0) is 19.5. The maximum atomic E-state index is 12.0. The molecule has 0 saturated carbocycles. The molecular formula is C19H40O4Si. The highest BCUT2D eigenvalue weighted by Crippen LogP contribution is 2.39. The number of hydrogen-bond acceptors (Lipinski definition) is 4. The van der Waals surface area contributed by atoms with Crippen LogP contribution in [0.2, 0.25) is 18.1 Å². The molecule has 0 bridgehead atoms. The van der Waals surface area contributed by atoms with Gasteiger partial charge in [0.15, 0.2) is 8.32 Å². The molecule has 0 aliphatic carbocycles. The van der Waals surface area contributed by atoms with Crippen molar-refractivity contribution in [2.75, 3.05) is 6.61 Å². The summed E-state index contributed by atoms with van der Waals surface area (Å²) in [6.07, 6.45) is -0.612. The minimum absolute atomic E-state index is 0.0232. The van der Waals surface area contributed by atoms with Crippen LogP contribution in [0, 0.1) is 17.3 Å². The van der Waals surface area contributed by atoms with Crippen LogP contribution < -0.4 is 0 Å². The number of hydrogen-bond donors (Lipinski definition) is 1. The molecule has 4 atom stereocenters. The highest BCUT2D eigenvalue weighted by molar-refractivity contribution is 6.74. The smallest absolute Gasteiger partial charge is 0.311 e. The topological polar surface area (TPSA) is 55.8 Å². The van der Waals surface area contributed by atoms with Crippen LogP contribution in [0.5, 0.6) is 0 Å². The van der Waals surface area contributed by atoms with Crippen molar-refractivity contribution >= 4 is 14.3 Å². The van der Waals surface area contributed by atoms with E-state index >= 15 is 0 Å². The quantitative estimate of drug-likeness (QED) is 0.532. The van der Waals surface area contributed by atoms with Crippen molar-refractivity contribution < 1.29 is 19.1 Å². The first-order valence-corrected chi connectivity index (χ1v) is 11.9. The Morgan fingerprint density at radius 1 is 1.04 bits per heavy atom. The SMILES string of the molecule is CC(O)C(C)C(O[Si](C)(C)C(C)(C)C)C(C)COC(=O)C(C)(C)C. The Morgan fingerprint density at radius 2 is 1.50 bits per heavy atom. The third kappa shape index (κ3) is 6.85. The highest BCUT2D eigenvalue weighted by atomic mass is 28.4. The van der Waals surface area contributed by atoms with Crippen LogP contribution in [0.1, 0.15) is 62.3 Å². The van der Waals surface area contributed by atoms with Gasteiger partial charge in [-0.15, -0.1) is 0 Å². The van der Waals surface area contributed by atoms with Gasteiger partial charge < -0.3 is 14.3 Å². The van der Waals surface area contributed by atoms with Crippen LogP contribution in [-0.4, -0.2) is 38.2 Å². The molecule has 0 rings (SSSR count). The van der Waals surface area contributed by atoms with Crippen molar-refractivity contribution in [2.45, 2.75) is 92.7 Å². The molecule has 0 aromatic carbocycles. The number of carbonyl (C=O) groups is 1. The first-order chi connectivity index (χ1) is 10.5. The predicted molar refractivity (Wildman–Crippen MR) is 102 cm³/mol. The number of aliphatic hydroxyl groups excluding tert-OH is 1. The lowest BCUT2D eigenvalue weighted by Crippen LogP contribution is -2.49. The summed E-state index contributed by atoms with van der Waals surface area (Å²) in [6, 6.07) is 0. The maximum absolute atomic E-state index is 12.0. The summed E-state index contributed by atoms with van der Waals surface area (Å²) in [5.74, 6) is -0.206. The van der Waals surface area contributed by atoms with Crippen molar-refractivity contribution in [3.8, 4) is 0 Å². The van der Waals surface area contributed by atoms with Gasteiger partial charge in [-0.1, -0.05) is 34.6 Å². The number of esters is 1. The lowest BCUT2D eigenvalue weighted by molar-refractivity contribution is -0.155. The van der Waals surface area contributed by atoms with Crippen LogP contribution in [0.4, 0.5) is 0 Å². The molecule has 4 nitrogen and oxygen atoms in total. The number of ether oxygens (including phenoxy) is 1. The van der Waals surface area contributed by atoms with E-state index in [0.717, 1.165) is 0 Å². The molecule has 24 heavy (non-hydrogen) atoms. The molecule has 0 radical (unpaired) electrons. The second kappa shape index (κ2) is 8.32. The van der Waals surface area contributed by atoms with E-state index in [-0.39, 0.29) is 28.9 Å². The summed E-state index contributed by atoms with van der Waals surface area (Å²) in [7, 11) is -1.98. The molecule has 0 aromatic heterocycles. The summed E-state index contributed by atoms with van der Waals surface area (Å²) in [5, 5.41) is 10.2. The molecule has 0 spiro atoms. The molecule has 144 valence electrons. The van der Waals surface area contributed by atoms with Crippen LogP contribution in [0.3, 0.4) is 0 Å². The van der Waals surface area contributed by atoms with Crippen LogP contribution in [0.15, 0.2) is 0 Å². The zero-order valence-electron chi connectivity index (χ0n) is 17.7. The van der Waals surface area contributed by atoms with Gasteiger partial charge in [0.05, 0.1) is 24.2 Å². The molecular weight excluding hydrogens is 320 g/mol. The van der Waals surface area contributed by atoms with Crippen LogP contribution in [-0.2, 0) is 14.0 Å².